The fourth-order valence-corrected chi connectivity index (χ4v) is 4.32. The third-order valence-electron chi connectivity index (χ3n) is 6.55. The lowest BCUT2D eigenvalue weighted by molar-refractivity contribution is -0.258. The van der Waals surface area contributed by atoms with Gasteiger partial charge in [-0.15, -0.1) is 0 Å². The van der Waals surface area contributed by atoms with Crippen LogP contribution < -0.4 is 15.4 Å². The molecule has 10 heteroatoms. The molecular formula is C26H39N3O7. The zero-order chi connectivity index (χ0) is 26.1. The summed E-state index contributed by atoms with van der Waals surface area (Å²) < 4.78 is 17.0. The van der Waals surface area contributed by atoms with Crippen molar-refractivity contribution < 1.29 is 33.7 Å². The molecule has 0 radical (unpaired) electrons. The molecule has 2 heterocycles. The molecule has 2 saturated heterocycles. The van der Waals surface area contributed by atoms with Crippen molar-refractivity contribution in [1.29, 1.82) is 0 Å². The van der Waals surface area contributed by atoms with E-state index in [1.54, 1.807) is 19.2 Å². The van der Waals surface area contributed by atoms with Gasteiger partial charge in [0.25, 0.3) is 0 Å². The summed E-state index contributed by atoms with van der Waals surface area (Å²) in [6.45, 7) is 5.98. The summed E-state index contributed by atoms with van der Waals surface area (Å²) in [7, 11) is 1.59. The summed E-state index contributed by atoms with van der Waals surface area (Å²) >= 11 is 0. The molecule has 1 aromatic rings. The second-order valence-electron chi connectivity index (χ2n) is 10.00. The van der Waals surface area contributed by atoms with E-state index in [2.05, 4.69) is 10.6 Å². The Hall–Kier alpha value is -2.69. The van der Waals surface area contributed by atoms with Crippen molar-refractivity contribution in [1.82, 2.24) is 15.5 Å². The smallest absolute Gasteiger partial charge is 0.249 e. The number of hydrogen-bond donors (Lipinski definition) is 3. The average Bonchev–Trinajstić information content (AvgIpc) is 2.87. The number of carbonyl (C=O) groups is 3. The predicted octanol–water partition coefficient (Wildman–Crippen LogP) is 1.52. The van der Waals surface area contributed by atoms with E-state index in [1.165, 1.54) is 0 Å². The van der Waals surface area contributed by atoms with Gasteiger partial charge in [0.2, 0.25) is 17.7 Å². The van der Waals surface area contributed by atoms with E-state index in [0.717, 1.165) is 24.9 Å². The average molecular weight is 506 g/mol. The number of carbonyl (C=O) groups excluding carboxylic acids is 3. The van der Waals surface area contributed by atoms with Gasteiger partial charge in [0.05, 0.1) is 13.7 Å². The summed E-state index contributed by atoms with van der Waals surface area (Å²) in [5.74, 6) is 0.0660. The van der Waals surface area contributed by atoms with Gasteiger partial charge in [-0.3, -0.25) is 14.4 Å². The Morgan fingerprint density at radius 3 is 2.64 bits per heavy atom. The molecule has 10 nitrogen and oxygen atoms in total. The monoisotopic (exact) mass is 505 g/mol. The van der Waals surface area contributed by atoms with Crippen molar-refractivity contribution in [3.05, 3.63) is 29.8 Å². The van der Waals surface area contributed by atoms with Crippen LogP contribution in [0.15, 0.2) is 24.3 Å². The van der Waals surface area contributed by atoms with Crippen LogP contribution in [-0.4, -0.2) is 79.8 Å². The molecule has 2 aliphatic heterocycles. The molecule has 36 heavy (non-hydrogen) atoms. The van der Waals surface area contributed by atoms with E-state index in [9.17, 15) is 19.5 Å². The number of amides is 3. The normalized spacial score (nSPS) is 22.6. The number of likely N-dealkylation sites (tertiary alicyclic amines) is 1. The van der Waals surface area contributed by atoms with Gasteiger partial charge in [-0.2, -0.15) is 0 Å². The number of hydrogen-bond acceptors (Lipinski definition) is 7. The first-order chi connectivity index (χ1) is 17.2. The summed E-state index contributed by atoms with van der Waals surface area (Å²) in [6.07, 6.45) is 0.572. The van der Waals surface area contributed by atoms with Crippen LogP contribution in [0.4, 0.5) is 0 Å². The lowest BCUT2D eigenvalue weighted by atomic mass is 9.85. The minimum atomic E-state index is -1.24. The highest BCUT2D eigenvalue weighted by Crippen LogP contribution is 2.36. The molecule has 0 aliphatic carbocycles. The molecule has 3 amide bonds. The topological polar surface area (TPSA) is 126 Å². The molecule has 3 atom stereocenters. The van der Waals surface area contributed by atoms with Gasteiger partial charge < -0.3 is 34.9 Å². The number of nitrogens with one attached hydrogen (secondary N) is 2. The van der Waals surface area contributed by atoms with Gasteiger partial charge in [-0.25, -0.2) is 0 Å². The number of benzene rings is 1. The number of ether oxygens (including phenoxy) is 3. The summed E-state index contributed by atoms with van der Waals surface area (Å²) in [4.78, 5) is 38.7. The van der Waals surface area contributed by atoms with Crippen LogP contribution in [-0.2, 0) is 23.9 Å². The minimum absolute atomic E-state index is 0.0771. The molecule has 0 aromatic heterocycles. The SMILES string of the molecule is COc1ccc(C2OCC(C)(C)C(C(=O)NCCC(O)C(=O)NCCCN3CCCCC3=O)O2)cc1. The molecule has 3 N–H and O–H groups in total. The maximum atomic E-state index is 12.9. The summed E-state index contributed by atoms with van der Waals surface area (Å²) in [6, 6.07) is 7.26. The first-order valence-electron chi connectivity index (χ1n) is 12.6. The molecule has 0 saturated carbocycles. The summed E-state index contributed by atoms with van der Waals surface area (Å²) in [5, 5.41) is 15.6. The van der Waals surface area contributed by atoms with E-state index in [4.69, 9.17) is 14.2 Å². The number of aliphatic hydroxyl groups excluding tert-OH is 1. The van der Waals surface area contributed by atoms with Crippen molar-refractivity contribution >= 4 is 17.7 Å². The quantitative estimate of drug-likeness (QED) is 0.389. The number of rotatable bonds is 11. The van der Waals surface area contributed by atoms with Crippen molar-refractivity contribution in [3.63, 3.8) is 0 Å². The third kappa shape index (κ3) is 7.65. The zero-order valence-electron chi connectivity index (χ0n) is 21.5. The van der Waals surface area contributed by atoms with Gasteiger partial charge >= 0.3 is 0 Å². The molecule has 0 bridgehead atoms. The molecule has 2 fully saturated rings. The molecular weight excluding hydrogens is 466 g/mol. The Kier molecular flexibility index (Phi) is 10.1. The lowest BCUT2D eigenvalue weighted by Crippen LogP contribution is -2.52. The Balaban J connectivity index is 1.39. The number of piperidine rings is 1. The number of aliphatic hydroxyl groups is 1. The van der Waals surface area contributed by atoms with Crippen LogP contribution in [0.5, 0.6) is 5.75 Å². The van der Waals surface area contributed by atoms with Crippen LogP contribution in [0, 0.1) is 5.41 Å². The lowest BCUT2D eigenvalue weighted by Gasteiger charge is -2.41. The van der Waals surface area contributed by atoms with E-state index in [0.29, 0.717) is 38.3 Å². The van der Waals surface area contributed by atoms with Crippen LogP contribution in [0.1, 0.15) is 57.8 Å². The fourth-order valence-electron chi connectivity index (χ4n) is 4.32. The molecule has 1 aromatic carbocycles. The van der Waals surface area contributed by atoms with E-state index in [-0.39, 0.29) is 24.8 Å². The second-order valence-corrected chi connectivity index (χ2v) is 10.00. The van der Waals surface area contributed by atoms with Gasteiger partial charge in [-0.1, -0.05) is 26.0 Å². The van der Waals surface area contributed by atoms with Crippen molar-refractivity contribution in [2.75, 3.05) is 39.9 Å². The first-order valence-corrected chi connectivity index (χ1v) is 12.6. The highest BCUT2D eigenvalue weighted by molar-refractivity contribution is 5.82. The van der Waals surface area contributed by atoms with Crippen molar-refractivity contribution in [2.24, 2.45) is 5.41 Å². The van der Waals surface area contributed by atoms with Crippen LogP contribution in [0.25, 0.3) is 0 Å². The molecule has 3 unspecified atom stereocenters. The molecule has 2 aliphatic rings. The van der Waals surface area contributed by atoms with Crippen LogP contribution in [0.3, 0.4) is 0 Å². The van der Waals surface area contributed by atoms with Gasteiger partial charge in [0.15, 0.2) is 6.29 Å². The highest BCUT2D eigenvalue weighted by Gasteiger charge is 2.43. The van der Waals surface area contributed by atoms with E-state index < -0.39 is 29.8 Å². The molecule has 200 valence electrons. The molecule has 3 rings (SSSR count). The van der Waals surface area contributed by atoms with Crippen LogP contribution >= 0.6 is 0 Å². The van der Waals surface area contributed by atoms with Gasteiger partial charge in [0, 0.05) is 43.6 Å². The number of methoxy groups -OCH3 is 1. The Morgan fingerprint density at radius 2 is 1.94 bits per heavy atom. The fraction of sp³-hybridized carbons (Fsp3) is 0.654. The van der Waals surface area contributed by atoms with Crippen molar-refractivity contribution in [2.45, 2.75) is 64.4 Å². The third-order valence-corrected chi connectivity index (χ3v) is 6.55. The van der Waals surface area contributed by atoms with E-state index >= 15 is 0 Å². The van der Waals surface area contributed by atoms with Crippen molar-refractivity contribution in [3.8, 4) is 5.75 Å². The Morgan fingerprint density at radius 1 is 1.19 bits per heavy atom. The van der Waals surface area contributed by atoms with E-state index in [1.807, 2.05) is 30.9 Å². The Bertz CT molecular complexity index is 890. The second kappa shape index (κ2) is 13.0. The van der Waals surface area contributed by atoms with Gasteiger partial charge in [0.1, 0.15) is 18.0 Å². The highest BCUT2D eigenvalue weighted by atomic mass is 16.7. The largest absolute Gasteiger partial charge is 0.497 e. The van der Waals surface area contributed by atoms with Gasteiger partial charge in [-0.05, 0) is 37.8 Å². The maximum Gasteiger partial charge on any atom is 0.249 e. The maximum absolute atomic E-state index is 12.9. The standard InChI is InChI=1S/C26H39N3O7/c1-26(2)17-35-25(18-8-10-19(34-3)11-9-18)36-22(26)24(33)28-14-12-20(30)23(32)27-13-6-16-29-15-5-4-7-21(29)31/h8-11,20,22,25,30H,4-7,12-17H2,1-3H3,(H,27,32)(H,28,33). The zero-order valence-corrected chi connectivity index (χ0v) is 21.5. The predicted molar refractivity (Wildman–Crippen MR) is 132 cm³/mol. The summed E-state index contributed by atoms with van der Waals surface area (Å²) in [5.41, 5.74) is 0.222. The molecule has 0 spiro atoms. The van der Waals surface area contributed by atoms with Crippen LogP contribution in [0.2, 0.25) is 0 Å². The Labute approximate surface area is 212 Å². The number of nitrogens with zero attached hydrogens (tertiary/aromatic N) is 1. The first kappa shape index (κ1) is 27.9. The minimum Gasteiger partial charge on any atom is -0.497 e.